The summed E-state index contributed by atoms with van der Waals surface area (Å²) in [4.78, 5) is 14.2. The third kappa shape index (κ3) is 4.11. The maximum atomic E-state index is 12.9. The minimum atomic E-state index is -0.203. The van der Waals surface area contributed by atoms with Gasteiger partial charge in [-0.15, -0.1) is 12.4 Å². The first-order valence-electron chi connectivity index (χ1n) is 7.74. The lowest BCUT2D eigenvalue weighted by molar-refractivity contribution is -0.122. The lowest BCUT2D eigenvalue weighted by atomic mass is 10.1. The fraction of sp³-hybridized carbons (Fsp3) is 0.562. The lowest BCUT2D eigenvalue weighted by Crippen LogP contribution is -2.42. The third-order valence-corrected chi connectivity index (χ3v) is 4.42. The normalized spacial score (nSPS) is 24.1. The molecule has 22 heavy (non-hydrogen) atoms. The number of hydrogen-bond acceptors (Lipinski definition) is 3. The van der Waals surface area contributed by atoms with E-state index in [0.717, 1.165) is 51.1 Å². The van der Waals surface area contributed by atoms with Crippen LogP contribution in [0.5, 0.6) is 0 Å². The number of anilines is 1. The Labute approximate surface area is 136 Å². The molecule has 1 amide bonds. The Bertz CT molecular complexity index is 491. The molecule has 0 radical (unpaired) electrons. The van der Waals surface area contributed by atoms with E-state index in [4.69, 9.17) is 0 Å². The van der Waals surface area contributed by atoms with Crippen LogP contribution in [0.3, 0.4) is 0 Å². The van der Waals surface area contributed by atoms with Crippen LogP contribution >= 0.6 is 12.4 Å². The zero-order valence-corrected chi connectivity index (χ0v) is 13.4. The van der Waals surface area contributed by atoms with Crippen molar-refractivity contribution in [3.05, 3.63) is 30.1 Å². The summed E-state index contributed by atoms with van der Waals surface area (Å²) in [6.07, 6.45) is 3.09. The van der Waals surface area contributed by atoms with Crippen LogP contribution in [0.1, 0.15) is 19.3 Å². The van der Waals surface area contributed by atoms with Gasteiger partial charge in [0, 0.05) is 25.3 Å². The quantitative estimate of drug-likeness (QED) is 0.888. The Morgan fingerprint density at radius 1 is 1.32 bits per heavy atom. The first-order valence-corrected chi connectivity index (χ1v) is 7.74. The first kappa shape index (κ1) is 17.0. The van der Waals surface area contributed by atoms with E-state index in [1.807, 2.05) is 12.1 Å². The van der Waals surface area contributed by atoms with E-state index in [0.29, 0.717) is 5.92 Å². The Hall–Kier alpha value is -1.33. The second kappa shape index (κ2) is 7.79. The summed E-state index contributed by atoms with van der Waals surface area (Å²) < 4.78 is 12.9. The smallest absolute Gasteiger partial charge is 0.237 e. The molecule has 2 saturated heterocycles. The van der Waals surface area contributed by atoms with Crippen LogP contribution in [0.4, 0.5) is 10.1 Å². The van der Waals surface area contributed by atoms with Crippen molar-refractivity contribution in [3.63, 3.8) is 0 Å². The van der Waals surface area contributed by atoms with Gasteiger partial charge in [0.25, 0.3) is 0 Å². The molecule has 2 heterocycles. The zero-order chi connectivity index (χ0) is 14.7. The average molecular weight is 328 g/mol. The second-order valence-corrected chi connectivity index (χ2v) is 5.97. The summed E-state index contributed by atoms with van der Waals surface area (Å²) in [7, 11) is 0. The van der Waals surface area contributed by atoms with Gasteiger partial charge in [0.05, 0.1) is 6.04 Å². The van der Waals surface area contributed by atoms with Crippen LogP contribution in [0, 0.1) is 11.7 Å². The van der Waals surface area contributed by atoms with Gasteiger partial charge in [-0.05, 0) is 56.0 Å². The van der Waals surface area contributed by atoms with Gasteiger partial charge in [-0.3, -0.25) is 4.79 Å². The number of halogens is 2. The van der Waals surface area contributed by atoms with Crippen molar-refractivity contribution in [2.24, 2.45) is 5.92 Å². The molecule has 0 saturated carbocycles. The molecule has 2 N–H and O–H groups in total. The lowest BCUT2D eigenvalue weighted by Gasteiger charge is -2.19. The molecule has 122 valence electrons. The van der Waals surface area contributed by atoms with E-state index in [-0.39, 0.29) is 30.2 Å². The molecule has 2 aliphatic heterocycles. The highest BCUT2D eigenvalue weighted by Crippen LogP contribution is 2.23. The predicted octanol–water partition coefficient (Wildman–Crippen LogP) is 1.94. The number of hydrogen-bond donors (Lipinski definition) is 2. The number of carbonyl (C=O) groups excluding carboxylic acids is 1. The minimum absolute atomic E-state index is 0. The first-order chi connectivity index (χ1) is 10.2. The van der Waals surface area contributed by atoms with Crippen molar-refractivity contribution in [3.8, 4) is 0 Å². The van der Waals surface area contributed by atoms with E-state index in [2.05, 4.69) is 15.5 Å². The highest BCUT2D eigenvalue weighted by atomic mass is 35.5. The van der Waals surface area contributed by atoms with Gasteiger partial charge in [0.1, 0.15) is 5.82 Å². The molecule has 0 spiro atoms. The highest BCUT2D eigenvalue weighted by molar-refractivity contribution is 5.85. The van der Waals surface area contributed by atoms with E-state index in [9.17, 15) is 9.18 Å². The van der Waals surface area contributed by atoms with Crippen LogP contribution in [-0.4, -0.2) is 38.1 Å². The molecule has 3 rings (SSSR count). The van der Waals surface area contributed by atoms with E-state index >= 15 is 0 Å². The Morgan fingerprint density at radius 3 is 2.77 bits per heavy atom. The fourth-order valence-electron chi connectivity index (χ4n) is 3.16. The van der Waals surface area contributed by atoms with Crippen molar-refractivity contribution >= 4 is 24.0 Å². The highest BCUT2D eigenvalue weighted by Gasteiger charge is 2.26. The van der Waals surface area contributed by atoms with Crippen LogP contribution in [0.2, 0.25) is 0 Å². The molecule has 2 aliphatic rings. The van der Waals surface area contributed by atoms with Gasteiger partial charge in [0.2, 0.25) is 5.91 Å². The number of nitrogens with one attached hydrogen (secondary N) is 2. The standard InChI is InChI=1S/C16H22FN3O.ClH/c17-13-3-5-14(6-4-13)20-9-7-12(11-20)10-19-16(21)15-2-1-8-18-15;/h3-6,12,15,18H,1-2,7-11H2,(H,19,21);1H/t12?,15-;/m0./s1. The van der Waals surface area contributed by atoms with Crippen molar-refractivity contribution in [1.82, 2.24) is 10.6 Å². The molecule has 1 unspecified atom stereocenters. The predicted molar refractivity (Wildman–Crippen MR) is 88.0 cm³/mol. The van der Waals surface area contributed by atoms with Gasteiger partial charge < -0.3 is 15.5 Å². The van der Waals surface area contributed by atoms with Gasteiger partial charge in [-0.25, -0.2) is 4.39 Å². The molecule has 1 aromatic rings. The van der Waals surface area contributed by atoms with E-state index in [1.165, 1.54) is 12.1 Å². The topological polar surface area (TPSA) is 44.4 Å². The van der Waals surface area contributed by atoms with Gasteiger partial charge in [-0.2, -0.15) is 0 Å². The van der Waals surface area contributed by atoms with Gasteiger partial charge in [-0.1, -0.05) is 0 Å². The van der Waals surface area contributed by atoms with E-state index in [1.54, 1.807) is 0 Å². The fourth-order valence-corrected chi connectivity index (χ4v) is 3.16. The molecule has 6 heteroatoms. The largest absolute Gasteiger partial charge is 0.371 e. The third-order valence-electron chi connectivity index (χ3n) is 4.42. The molecule has 2 fully saturated rings. The average Bonchev–Trinajstić information content (AvgIpc) is 3.17. The maximum Gasteiger partial charge on any atom is 0.237 e. The van der Waals surface area contributed by atoms with E-state index < -0.39 is 0 Å². The number of amides is 1. The molecule has 0 bridgehead atoms. The van der Waals surface area contributed by atoms with Gasteiger partial charge in [0.15, 0.2) is 0 Å². The summed E-state index contributed by atoms with van der Waals surface area (Å²) in [5.74, 6) is 0.402. The van der Waals surface area contributed by atoms with Crippen molar-refractivity contribution < 1.29 is 9.18 Å². The molecule has 0 aromatic heterocycles. The summed E-state index contributed by atoms with van der Waals surface area (Å²) >= 11 is 0. The molecular formula is C16H23ClFN3O. The number of nitrogens with zero attached hydrogens (tertiary/aromatic N) is 1. The zero-order valence-electron chi connectivity index (χ0n) is 12.6. The minimum Gasteiger partial charge on any atom is -0.371 e. The van der Waals surface area contributed by atoms with Crippen LogP contribution in [0.15, 0.2) is 24.3 Å². The summed E-state index contributed by atoms with van der Waals surface area (Å²) in [5, 5.41) is 6.27. The molecule has 1 aromatic carbocycles. The number of benzene rings is 1. The molecule has 4 nitrogen and oxygen atoms in total. The number of carbonyl (C=O) groups is 1. The molecule has 2 atom stereocenters. The van der Waals surface area contributed by atoms with Crippen molar-refractivity contribution in [2.45, 2.75) is 25.3 Å². The van der Waals surface area contributed by atoms with Crippen LogP contribution in [-0.2, 0) is 4.79 Å². The Morgan fingerprint density at radius 2 is 2.09 bits per heavy atom. The van der Waals surface area contributed by atoms with Gasteiger partial charge >= 0.3 is 0 Å². The second-order valence-electron chi connectivity index (χ2n) is 5.97. The Balaban J connectivity index is 0.00000176. The monoisotopic (exact) mass is 327 g/mol. The summed E-state index contributed by atoms with van der Waals surface area (Å²) in [5.41, 5.74) is 1.06. The van der Waals surface area contributed by atoms with Crippen molar-refractivity contribution in [2.75, 3.05) is 31.1 Å². The maximum absolute atomic E-state index is 12.9. The summed E-state index contributed by atoms with van der Waals surface area (Å²) in [6, 6.07) is 6.63. The number of rotatable bonds is 4. The summed E-state index contributed by atoms with van der Waals surface area (Å²) in [6.45, 7) is 3.56. The van der Waals surface area contributed by atoms with Crippen LogP contribution in [0.25, 0.3) is 0 Å². The SMILES string of the molecule is Cl.O=C(NCC1CCN(c2ccc(F)cc2)C1)[C@@H]1CCCN1. The molecular weight excluding hydrogens is 305 g/mol. The Kier molecular flexibility index (Phi) is 6.03. The van der Waals surface area contributed by atoms with Crippen molar-refractivity contribution in [1.29, 1.82) is 0 Å². The molecule has 0 aliphatic carbocycles. The van der Waals surface area contributed by atoms with Crippen LogP contribution < -0.4 is 15.5 Å².